The van der Waals surface area contributed by atoms with Crippen LogP contribution in [0.25, 0.3) is 5.57 Å². The second-order valence-electron chi connectivity index (χ2n) is 7.96. The van der Waals surface area contributed by atoms with Crippen molar-refractivity contribution in [2.45, 2.75) is 70.6 Å². The molecular weight excluding hydrogens is 256 g/mol. The van der Waals surface area contributed by atoms with Crippen LogP contribution in [0, 0.1) is 0 Å². The zero-order chi connectivity index (χ0) is 15.3. The van der Waals surface area contributed by atoms with Crippen molar-refractivity contribution < 1.29 is 4.79 Å². The molecule has 0 bridgehead atoms. The molecule has 0 radical (unpaired) electrons. The number of hydrogen-bond donors (Lipinski definition) is 0. The molecule has 112 valence electrons. The Kier molecular flexibility index (Phi) is 3.35. The SMILES string of the molecule is CC1(C)CCC(C)(C)c2cc3c(cc21)CCC=C3CC=O. The highest BCUT2D eigenvalue weighted by Crippen LogP contribution is 2.47. The molecule has 0 saturated carbocycles. The second-order valence-corrected chi connectivity index (χ2v) is 7.96. The number of allylic oxidation sites excluding steroid dienone is 2. The quantitative estimate of drug-likeness (QED) is 0.701. The third-order valence-electron chi connectivity index (χ3n) is 5.53. The Labute approximate surface area is 128 Å². The van der Waals surface area contributed by atoms with E-state index in [1.807, 2.05) is 0 Å². The maximum Gasteiger partial charge on any atom is 0.124 e. The van der Waals surface area contributed by atoms with Crippen molar-refractivity contribution >= 4 is 11.9 Å². The zero-order valence-electron chi connectivity index (χ0n) is 13.8. The maximum absolute atomic E-state index is 11.0. The van der Waals surface area contributed by atoms with Gasteiger partial charge in [-0.05, 0) is 64.3 Å². The van der Waals surface area contributed by atoms with Gasteiger partial charge in [-0.15, -0.1) is 0 Å². The minimum atomic E-state index is 0.240. The van der Waals surface area contributed by atoms with Crippen LogP contribution in [-0.2, 0) is 22.0 Å². The van der Waals surface area contributed by atoms with Crippen molar-refractivity contribution in [1.29, 1.82) is 0 Å². The standard InChI is InChI=1S/C20H26O/c1-19(2)9-10-20(3,4)18-13-16-14(8-11-21)6-5-7-15(16)12-17(18)19/h6,11-13H,5,7-10H2,1-4H3. The summed E-state index contributed by atoms with van der Waals surface area (Å²) in [6, 6.07) is 4.85. The van der Waals surface area contributed by atoms with E-state index in [9.17, 15) is 4.79 Å². The predicted octanol–water partition coefficient (Wildman–Crippen LogP) is 4.95. The molecule has 0 heterocycles. The van der Waals surface area contributed by atoms with E-state index in [1.165, 1.54) is 40.7 Å². The van der Waals surface area contributed by atoms with Gasteiger partial charge in [-0.25, -0.2) is 0 Å². The van der Waals surface area contributed by atoms with Crippen LogP contribution in [0.4, 0.5) is 0 Å². The first-order chi connectivity index (χ1) is 9.85. The van der Waals surface area contributed by atoms with Gasteiger partial charge in [0.05, 0.1) is 0 Å². The first-order valence-corrected chi connectivity index (χ1v) is 8.16. The Hall–Kier alpha value is -1.37. The first-order valence-electron chi connectivity index (χ1n) is 8.16. The highest BCUT2D eigenvalue weighted by atomic mass is 16.1. The molecule has 3 rings (SSSR count). The molecule has 0 atom stereocenters. The van der Waals surface area contributed by atoms with E-state index < -0.39 is 0 Å². The Morgan fingerprint density at radius 3 is 2.29 bits per heavy atom. The summed E-state index contributed by atoms with van der Waals surface area (Å²) >= 11 is 0. The normalized spacial score (nSPS) is 22.0. The Morgan fingerprint density at radius 1 is 1.05 bits per heavy atom. The maximum atomic E-state index is 11.0. The molecule has 0 aliphatic heterocycles. The average Bonchev–Trinajstić information content (AvgIpc) is 2.44. The molecule has 0 aromatic heterocycles. The number of hydrogen-bond acceptors (Lipinski definition) is 1. The molecule has 1 nitrogen and oxygen atoms in total. The lowest BCUT2D eigenvalue weighted by molar-refractivity contribution is -0.107. The lowest BCUT2D eigenvalue weighted by Gasteiger charge is -2.43. The lowest BCUT2D eigenvalue weighted by Crippen LogP contribution is -2.34. The summed E-state index contributed by atoms with van der Waals surface area (Å²) in [7, 11) is 0. The smallest absolute Gasteiger partial charge is 0.124 e. The summed E-state index contributed by atoms with van der Waals surface area (Å²) in [4.78, 5) is 11.0. The van der Waals surface area contributed by atoms with Crippen molar-refractivity contribution in [3.05, 3.63) is 40.5 Å². The van der Waals surface area contributed by atoms with E-state index in [1.54, 1.807) is 0 Å². The molecule has 0 saturated heterocycles. The monoisotopic (exact) mass is 282 g/mol. The van der Waals surface area contributed by atoms with E-state index in [-0.39, 0.29) is 10.8 Å². The van der Waals surface area contributed by atoms with Crippen LogP contribution in [0.1, 0.15) is 75.6 Å². The molecule has 2 aliphatic carbocycles. The van der Waals surface area contributed by atoms with E-state index in [0.29, 0.717) is 6.42 Å². The van der Waals surface area contributed by atoms with Gasteiger partial charge in [0.1, 0.15) is 6.29 Å². The number of carbonyl (C=O) groups excluding carboxylic acids is 1. The topological polar surface area (TPSA) is 17.1 Å². The summed E-state index contributed by atoms with van der Waals surface area (Å²) in [6.07, 6.45) is 8.51. The molecule has 0 N–H and O–H groups in total. The molecule has 1 aromatic rings. The van der Waals surface area contributed by atoms with Crippen LogP contribution in [0.3, 0.4) is 0 Å². The summed E-state index contributed by atoms with van der Waals surface area (Å²) in [5, 5.41) is 0. The van der Waals surface area contributed by atoms with Crippen molar-refractivity contribution in [2.75, 3.05) is 0 Å². The van der Waals surface area contributed by atoms with Crippen LogP contribution in [0.2, 0.25) is 0 Å². The Bertz CT molecular complexity index is 617. The van der Waals surface area contributed by atoms with Gasteiger partial charge in [0, 0.05) is 6.42 Å². The summed E-state index contributed by atoms with van der Waals surface area (Å²) < 4.78 is 0. The molecule has 0 unspecified atom stereocenters. The van der Waals surface area contributed by atoms with E-state index >= 15 is 0 Å². The van der Waals surface area contributed by atoms with Gasteiger partial charge >= 0.3 is 0 Å². The van der Waals surface area contributed by atoms with Gasteiger partial charge in [0.15, 0.2) is 0 Å². The van der Waals surface area contributed by atoms with Crippen molar-refractivity contribution in [2.24, 2.45) is 0 Å². The zero-order valence-corrected chi connectivity index (χ0v) is 13.8. The van der Waals surface area contributed by atoms with Gasteiger partial charge in [-0.1, -0.05) is 45.9 Å². The van der Waals surface area contributed by atoms with Gasteiger partial charge in [-0.2, -0.15) is 0 Å². The second kappa shape index (κ2) is 4.83. The largest absolute Gasteiger partial charge is 0.303 e. The van der Waals surface area contributed by atoms with Gasteiger partial charge in [0.2, 0.25) is 0 Å². The summed E-state index contributed by atoms with van der Waals surface area (Å²) in [5.74, 6) is 0. The number of benzene rings is 1. The fraction of sp³-hybridized carbons (Fsp3) is 0.550. The minimum Gasteiger partial charge on any atom is -0.303 e. The van der Waals surface area contributed by atoms with Crippen molar-refractivity contribution in [1.82, 2.24) is 0 Å². The predicted molar refractivity (Wildman–Crippen MR) is 88.7 cm³/mol. The van der Waals surface area contributed by atoms with Gasteiger partial charge in [0.25, 0.3) is 0 Å². The van der Waals surface area contributed by atoms with E-state index in [2.05, 4.69) is 45.9 Å². The fourth-order valence-corrected chi connectivity index (χ4v) is 3.96. The third-order valence-corrected chi connectivity index (χ3v) is 5.53. The molecule has 0 spiro atoms. The highest BCUT2D eigenvalue weighted by Gasteiger charge is 2.37. The average molecular weight is 282 g/mol. The number of aryl methyl sites for hydroxylation is 1. The molecule has 2 aliphatic rings. The minimum absolute atomic E-state index is 0.240. The molecule has 0 amide bonds. The number of aldehydes is 1. The first kappa shape index (κ1) is 14.6. The van der Waals surface area contributed by atoms with Crippen LogP contribution in [0.5, 0.6) is 0 Å². The molecular formula is C20H26O. The van der Waals surface area contributed by atoms with E-state index in [4.69, 9.17) is 0 Å². The lowest BCUT2D eigenvalue weighted by atomic mass is 9.62. The summed E-state index contributed by atoms with van der Waals surface area (Å²) in [5.41, 5.74) is 7.54. The highest BCUT2D eigenvalue weighted by molar-refractivity contribution is 5.80. The van der Waals surface area contributed by atoms with E-state index in [0.717, 1.165) is 19.1 Å². The molecule has 1 aromatic carbocycles. The number of carbonyl (C=O) groups is 1. The molecule has 21 heavy (non-hydrogen) atoms. The Morgan fingerprint density at radius 2 is 1.67 bits per heavy atom. The summed E-state index contributed by atoms with van der Waals surface area (Å²) in [6.45, 7) is 9.47. The molecule has 0 fully saturated rings. The van der Waals surface area contributed by atoms with Crippen LogP contribution < -0.4 is 0 Å². The third kappa shape index (κ3) is 2.37. The molecule has 1 heteroatoms. The van der Waals surface area contributed by atoms with Crippen LogP contribution in [0.15, 0.2) is 18.2 Å². The number of rotatable bonds is 2. The van der Waals surface area contributed by atoms with Crippen molar-refractivity contribution in [3.8, 4) is 0 Å². The van der Waals surface area contributed by atoms with Crippen LogP contribution in [-0.4, -0.2) is 6.29 Å². The number of fused-ring (bicyclic) bond motifs is 2. The van der Waals surface area contributed by atoms with Gasteiger partial charge in [-0.3, -0.25) is 0 Å². The fourth-order valence-electron chi connectivity index (χ4n) is 3.96. The van der Waals surface area contributed by atoms with Crippen LogP contribution >= 0.6 is 0 Å². The van der Waals surface area contributed by atoms with Crippen molar-refractivity contribution in [3.63, 3.8) is 0 Å². The van der Waals surface area contributed by atoms with Gasteiger partial charge < -0.3 is 4.79 Å². The Balaban J connectivity index is 2.20.